The molecule has 4 nitrogen and oxygen atoms in total. The van der Waals surface area contributed by atoms with Gasteiger partial charge in [0.2, 0.25) is 5.91 Å². The number of rotatable bonds is 6. The average Bonchev–Trinajstić information content (AvgIpc) is 2.90. The summed E-state index contributed by atoms with van der Waals surface area (Å²) in [5, 5.41) is 6.43. The predicted molar refractivity (Wildman–Crippen MR) is 108 cm³/mol. The maximum atomic E-state index is 12.3. The number of aryl methyl sites for hydroxylation is 1. The van der Waals surface area contributed by atoms with Crippen LogP contribution >= 0.6 is 0 Å². The fourth-order valence-corrected chi connectivity index (χ4v) is 3.40. The lowest BCUT2D eigenvalue weighted by Crippen LogP contribution is -2.33. The highest BCUT2D eigenvalue weighted by Gasteiger charge is 2.12. The molecule has 1 heterocycles. The van der Waals surface area contributed by atoms with Gasteiger partial charge in [-0.3, -0.25) is 9.69 Å². The van der Waals surface area contributed by atoms with Gasteiger partial charge in [-0.15, -0.1) is 0 Å². The maximum absolute atomic E-state index is 12.3. The molecular formula is C22H29N3O. The smallest absolute Gasteiger partial charge is 0.238 e. The first-order chi connectivity index (χ1) is 12.7. The number of nitrogens with zero attached hydrogens (tertiary/aromatic N) is 1. The fraction of sp³-hybridized carbons (Fsp3) is 0.409. The van der Waals surface area contributed by atoms with Crippen molar-refractivity contribution < 1.29 is 4.79 Å². The van der Waals surface area contributed by atoms with Gasteiger partial charge < -0.3 is 10.6 Å². The zero-order valence-electron chi connectivity index (χ0n) is 15.6. The summed E-state index contributed by atoms with van der Waals surface area (Å²) in [5.41, 5.74) is 4.44. The van der Waals surface area contributed by atoms with E-state index in [2.05, 4.69) is 46.7 Å². The summed E-state index contributed by atoms with van der Waals surface area (Å²) in [4.78, 5) is 14.5. The van der Waals surface area contributed by atoms with Crippen LogP contribution in [0.4, 0.5) is 11.4 Å². The zero-order valence-corrected chi connectivity index (χ0v) is 15.6. The second-order valence-electron chi connectivity index (χ2n) is 7.16. The summed E-state index contributed by atoms with van der Waals surface area (Å²) in [6.07, 6.45) is 4.98. The summed E-state index contributed by atoms with van der Waals surface area (Å²) in [7, 11) is 0. The van der Waals surface area contributed by atoms with E-state index >= 15 is 0 Å². The Hall–Kier alpha value is -2.33. The Morgan fingerprint density at radius 2 is 1.65 bits per heavy atom. The van der Waals surface area contributed by atoms with E-state index < -0.39 is 0 Å². The van der Waals surface area contributed by atoms with E-state index in [-0.39, 0.29) is 5.91 Å². The minimum atomic E-state index is 0.0763. The molecule has 1 fully saturated rings. The maximum Gasteiger partial charge on any atom is 0.238 e. The zero-order chi connectivity index (χ0) is 18.2. The van der Waals surface area contributed by atoms with E-state index in [1.165, 1.54) is 36.8 Å². The highest BCUT2D eigenvalue weighted by Crippen LogP contribution is 2.15. The molecule has 1 saturated heterocycles. The molecule has 0 aromatic heterocycles. The molecule has 1 aliphatic heterocycles. The van der Waals surface area contributed by atoms with Gasteiger partial charge >= 0.3 is 0 Å². The summed E-state index contributed by atoms with van der Waals surface area (Å²) >= 11 is 0. The molecule has 0 radical (unpaired) electrons. The van der Waals surface area contributed by atoms with Gasteiger partial charge in [-0.25, -0.2) is 0 Å². The van der Waals surface area contributed by atoms with Gasteiger partial charge in [0.15, 0.2) is 0 Å². The average molecular weight is 351 g/mol. The summed E-state index contributed by atoms with van der Waals surface area (Å²) < 4.78 is 0. The third-order valence-electron chi connectivity index (χ3n) is 4.81. The molecule has 2 aromatic carbocycles. The Labute approximate surface area is 156 Å². The molecule has 1 amide bonds. The van der Waals surface area contributed by atoms with Crippen molar-refractivity contribution in [3.63, 3.8) is 0 Å². The van der Waals surface area contributed by atoms with Crippen LogP contribution in [0.5, 0.6) is 0 Å². The first kappa shape index (κ1) is 18.5. The molecule has 0 aliphatic carbocycles. The van der Waals surface area contributed by atoms with Crippen molar-refractivity contribution in [2.24, 2.45) is 0 Å². The molecule has 4 heteroatoms. The molecular weight excluding hydrogens is 322 g/mol. The van der Waals surface area contributed by atoms with Gasteiger partial charge in [-0.05, 0) is 62.7 Å². The molecule has 1 aliphatic rings. The Balaban J connectivity index is 1.46. The van der Waals surface area contributed by atoms with E-state index in [4.69, 9.17) is 0 Å². The van der Waals surface area contributed by atoms with Gasteiger partial charge in [0.1, 0.15) is 0 Å². The summed E-state index contributed by atoms with van der Waals surface area (Å²) in [5.74, 6) is 0.0763. The van der Waals surface area contributed by atoms with Crippen molar-refractivity contribution in [1.82, 2.24) is 4.90 Å². The second-order valence-corrected chi connectivity index (χ2v) is 7.16. The van der Waals surface area contributed by atoms with Gasteiger partial charge in [-0.1, -0.05) is 42.7 Å². The van der Waals surface area contributed by atoms with Crippen LogP contribution in [0.1, 0.15) is 36.8 Å². The number of hydrogen-bond acceptors (Lipinski definition) is 3. The number of anilines is 2. The molecule has 3 rings (SSSR count). The largest absolute Gasteiger partial charge is 0.381 e. The van der Waals surface area contributed by atoms with Crippen molar-refractivity contribution in [2.45, 2.75) is 39.2 Å². The molecule has 26 heavy (non-hydrogen) atoms. The van der Waals surface area contributed by atoms with Gasteiger partial charge in [0.25, 0.3) is 0 Å². The highest BCUT2D eigenvalue weighted by atomic mass is 16.2. The van der Waals surface area contributed by atoms with Crippen LogP contribution in [0, 0.1) is 6.92 Å². The highest BCUT2D eigenvalue weighted by molar-refractivity contribution is 5.92. The predicted octanol–water partition coefficient (Wildman–Crippen LogP) is 4.42. The number of carbonyl (C=O) groups is 1. The molecule has 0 spiro atoms. The fourth-order valence-electron chi connectivity index (χ4n) is 3.40. The Morgan fingerprint density at radius 3 is 2.35 bits per heavy atom. The Kier molecular flexibility index (Phi) is 6.67. The lowest BCUT2D eigenvalue weighted by Gasteiger charge is -2.19. The second kappa shape index (κ2) is 9.39. The molecule has 0 atom stereocenters. The Morgan fingerprint density at radius 1 is 0.962 bits per heavy atom. The molecule has 0 unspecified atom stereocenters. The van der Waals surface area contributed by atoms with Gasteiger partial charge in [0.05, 0.1) is 6.54 Å². The van der Waals surface area contributed by atoms with Crippen molar-refractivity contribution in [1.29, 1.82) is 0 Å². The van der Waals surface area contributed by atoms with Gasteiger partial charge in [-0.2, -0.15) is 0 Å². The van der Waals surface area contributed by atoms with E-state index in [9.17, 15) is 4.79 Å². The third kappa shape index (κ3) is 5.88. The molecule has 0 bridgehead atoms. The van der Waals surface area contributed by atoms with Crippen LogP contribution in [-0.2, 0) is 11.3 Å². The van der Waals surface area contributed by atoms with Crippen LogP contribution in [-0.4, -0.2) is 30.4 Å². The number of nitrogens with one attached hydrogen (secondary N) is 2. The van der Waals surface area contributed by atoms with Crippen molar-refractivity contribution in [3.8, 4) is 0 Å². The van der Waals surface area contributed by atoms with E-state index in [0.29, 0.717) is 6.54 Å². The first-order valence-electron chi connectivity index (χ1n) is 9.61. The number of carbonyl (C=O) groups excluding carboxylic acids is 1. The third-order valence-corrected chi connectivity index (χ3v) is 4.81. The molecule has 0 saturated carbocycles. The topological polar surface area (TPSA) is 44.4 Å². The van der Waals surface area contributed by atoms with Crippen LogP contribution in [0.15, 0.2) is 48.5 Å². The van der Waals surface area contributed by atoms with Crippen molar-refractivity contribution in [2.75, 3.05) is 30.3 Å². The lowest BCUT2D eigenvalue weighted by atomic mass is 10.1. The van der Waals surface area contributed by atoms with E-state index in [0.717, 1.165) is 31.0 Å². The number of benzene rings is 2. The van der Waals surface area contributed by atoms with Crippen LogP contribution in [0.3, 0.4) is 0 Å². The minimum Gasteiger partial charge on any atom is -0.381 e. The molecule has 138 valence electrons. The van der Waals surface area contributed by atoms with Crippen molar-refractivity contribution in [3.05, 3.63) is 59.7 Å². The monoisotopic (exact) mass is 351 g/mol. The quantitative estimate of drug-likeness (QED) is 0.810. The number of amides is 1. The lowest BCUT2D eigenvalue weighted by molar-refractivity contribution is -0.117. The van der Waals surface area contributed by atoms with E-state index in [1.54, 1.807) is 0 Å². The Bertz CT molecular complexity index is 704. The van der Waals surface area contributed by atoms with Gasteiger partial charge in [0, 0.05) is 17.9 Å². The minimum absolute atomic E-state index is 0.0763. The van der Waals surface area contributed by atoms with Crippen LogP contribution in [0.2, 0.25) is 0 Å². The van der Waals surface area contributed by atoms with Crippen molar-refractivity contribution >= 4 is 17.3 Å². The SMILES string of the molecule is Cc1cccc(CNc2ccc(NC(=O)CN3CCCCCC3)cc2)c1. The number of likely N-dealkylation sites (tertiary alicyclic amines) is 1. The summed E-state index contributed by atoms with van der Waals surface area (Å²) in [6.45, 7) is 5.47. The molecule has 2 N–H and O–H groups in total. The normalized spacial score (nSPS) is 15.3. The number of hydrogen-bond donors (Lipinski definition) is 2. The first-order valence-corrected chi connectivity index (χ1v) is 9.61. The standard InChI is InChI=1S/C22H29N3O/c1-18-7-6-8-19(15-18)16-23-20-9-11-21(12-10-20)24-22(26)17-25-13-4-2-3-5-14-25/h6-12,15,23H,2-5,13-14,16-17H2,1H3,(H,24,26). The summed E-state index contributed by atoms with van der Waals surface area (Å²) in [6, 6.07) is 16.4. The van der Waals surface area contributed by atoms with Crippen LogP contribution < -0.4 is 10.6 Å². The molecule has 2 aromatic rings. The van der Waals surface area contributed by atoms with Crippen LogP contribution in [0.25, 0.3) is 0 Å². The van der Waals surface area contributed by atoms with E-state index in [1.807, 2.05) is 24.3 Å².